The van der Waals surface area contributed by atoms with Crippen molar-refractivity contribution >= 4 is 17.5 Å². The smallest absolute Gasteiger partial charge is 0.293 e. The highest BCUT2D eigenvalue weighted by atomic mass is 16.6. The van der Waals surface area contributed by atoms with Crippen LogP contribution in [0.25, 0.3) is 6.08 Å². The van der Waals surface area contributed by atoms with Crippen molar-refractivity contribution in [3.8, 4) is 18.2 Å². The second-order valence-corrected chi connectivity index (χ2v) is 4.58. The molecule has 1 rings (SSSR count). The first-order valence-electron chi connectivity index (χ1n) is 6.23. The summed E-state index contributed by atoms with van der Waals surface area (Å²) in [5.41, 5.74) is 5.48. The molecule has 0 bridgehead atoms. The van der Waals surface area contributed by atoms with E-state index in [4.69, 9.17) is 21.5 Å². The van der Waals surface area contributed by atoms with E-state index in [-0.39, 0.29) is 17.0 Å². The SMILES string of the molecule is CN(C)c1ccc(/C=C(\C#N)C(N)=C(C#N)C#N)cc1[N+](=O)[O-]. The van der Waals surface area contributed by atoms with E-state index >= 15 is 0 Å². The van der Waals surface area contributed by atoms with Crippen molar-refractivity contribution in [1.29, 1.82) is 15.8 Å². The third-order valence-electron chi connectivity index (χ3n) is 2.89. The molecule has 0 saturated heterocycles. The Balaban J connectivity index is 3.49. The molecule has 1 aromatic rings. The van der Waals surface area contributed by atoms with Gasteiger partial charge in [0, 0.05) is 20.2 Å². The minimum Gasteiger partial charge on any atom is -0.396 e. The number of nitrogens with zero attached hydrogens (tertiary/aromatic N) is 5. The van der Waals surface area contributed by atoms with Crippen LogP contribution in [0.2, 0.25) is 0 Å². The molecule has 0 unspecified atom stereocenters. The van der Waals surface area contributed by atoms with Crippen molar-refractivity contribution in [3.63, 3.8) is 0 Å². The minimum absolute atomic E-state index is 0.116. The average Bonchev–Trinajstić information content (AvgIpc) is 2.53. The maximum Gasteiger partial charge on any atom is 0.293 e. The van der Waals surface area contributed by atoms with Gasteiger partial charge in [0.15, 0.2) is 5.57 Å². The van der Waals surface area contributed by atoms with Crippen LogP contribution >= 0.6 is 0 Å². The van der Waals surface area contributed by atoms with Gasteiger partial charge in [-0.3, -0.25) is 10.1 Å². The molecule has 0 saturated carbocycles. The van der Waals surface area contributed by atoms with Gasteiger partial charge in [0.1, 0.15) is 23.9 Å². The molecule has 8 heteroatoms. The number of nitriles is 3. The molecular weight excluding hydrogens is 296 g/mol. The molecule has 8 nitrogen and oxygen atoms in total. The van der Waals surface area contributed by atoms with Crippen LogP contribution in [0.1, 0.15) is 5.56 Å². The number of nitro benzene ring substituents is 1. The number of allylic oxidation sites excluding steroid dienone is 2. The lowest BCUT2D eigenvalue weighted by molar-refractivity contribution is -0.384. The first kappa shape index (κ1) is 17.2. The van der Waals surface area contributed by atoms with Crippen molar-refractivity contribution in [2.75, 3.05) is 19.0 Å². The molecule has 114 valence electrons. The van der Waals surface area contributed by atoms with E-state index in [2.05, 4.69) is 0 Å². The second-order valence-electron chi connectivity index (χ2n) is 4.58. The summed E-state index contributed by atoms with van der Waals surface area (Å²) in [6.45, 7) is 0. The topological polar surface area (TPSA) is 144 Å². The van der Waals surface area contributed by atoms with Crippen LogP contribution in [-0.2, 0) is 0 Å². The standard InChI is InChI=1S/C15H12N6O2/c1-20(2)13-4-3-10(6-14(13)21(22)23)5-11(7-16)15(19)12(8-17)9-18/h3-6H,19H2,1-2H3/b11-5+. The van der Waals surface area contributed by atoms with E-state index in [1.807, 2.05) is 0 Å². The van der Waals surface area contributed by atoms with Crippen molar-refractivity contribution < 1.29 is 4.92 Å². The molecule has 0 radical (unpaired) electrons. The molecule has 0 atom stereocenters. The summed E-state index contributed by atoms with van der Waals surface area (Å²) < 4.78 is 0. The highest BCUT2D eigenvalue weighted by molar-refractivity contribution is 5.72. The Bertz CT molecular complexity index is 815. The number of hydrogen-bond donors (Lipinski definition) is 1. The number of benzene rings is 1. The monoisotopic (exact) mass is 308 g/mol. The number of hydrogen-bond acceptors (Lipinski definition) is 7. The van der Waals surface area contributed by atoms with Crippen LogP contribution in [0.5, 0.6) is 0 Å². The number of nitrogens with two attached hydrogens (primary N) is 1. The van der Waals surface area contributed by atoms with Crippen molar-refractivity contribution in [2.24, 2.45) is 5.73 Å². The molecule has 23 heavy (non-hydrogen) atoms. The molecule has 0 heterocycles. The van der Waals surface area contributed by atoms with E-state index in [9.17, 15) is 10.1 Å². The fourth-order valence-electron chi connectivity index (χ4n) is 1.77. The van der Waals surface area contributed by atoms with E-state index in [1.165, 1.54) is 18.2 Å². The van der Waals surface area contributed by atoms with Gasteiger partial charge in [-0.05, 0) is 17.7 Å². The number of rotatable bonds is 4. The lowest BCUT2D eigenvalue weighted by Gasteiger charge is -2.12. The highest BCUT2D eigenvalue weighted by Crippen LogP contribution is 2.28. The Kier molecular flexibility index (Phi) is 5.43. The van der Waals surface area contributed by atoms with Crippen molar-refractivity contribution in [2.45, 2.75) is 0 Å². The molecule has 0 aliphatic carbocycles. The molecule has 0 fully saturated rings. The first-order valence-corrected chi connectivity index (χ1v) is 6.23. The van der Waals surface area contributed by atoms with Gasteiger partial charge in [-0.2, -0.15) is 15.8 Å². The van der Waals surface area contributed by atoms with Gasteiger partial charge in [0.05, 0.1) is 16.2 Å². The van der Waals surface area contributed by atoms with Gasteiger partial charge in [-0.1, -0.05) is 6.07 Å². The van der Waals surface area contributed by atoms with E-state index < -0.39 is 10.5 Å². The lowest BCUT2D eigenvalue weighted by atomic mass is 10.0. The Labute approximate surface area is 132 Å². The summed E-state index contributed by atoms with van der Waals surface area (Å²) in [5, 5.41) is 37.8. The molecule has 2 N–H and O–H groups in total. The third kappa shape index (κ3) is 3.84. The van der Waals surface area contributed by atoms with Crippen LogP contribution < -0.4 is 10.6 Å². The van der Waals surface area contributed by atoms with Gasteiger partial charge < -0.3 is 10.6 Å². The zero-order valence-electron chi connectivity index (χ0n) is 12.4. The normalized spacial score (nSPS) is 9.96. The Hall–Kier alpha value is -3.83. The third-order valence-corrected chi connectivity index (χ3v) is 2.89. The molecule has 0 spiro atoms. The molecule has 0 aliphatic rings. The summed E-state index contributed by atoms with van der Waals surface area (Å²) in [7, 11) is 3.34. The second kappa shape index (κ2) is 7.26. The van der Waals surface area contributed by atoms with E-state index in [0.29, 0.717) is 11.3 Å². The molecule has 0 aromatic heterocycles. The quantitative estimate of drug-likeness (QED) is 0.386. The van der Waals surface area contributed by atoms with Crippen LogP contribution in [0.4, 0.5) is 11.4 Å². The van der Waals surface area contributed by atoms with E-state index in [1.54, 1.807) is 43.3 Å². The van der Waals surface area contributed by atoms with Crippen molar-refractivity contribution in [3.05, 3.63) is 50.7 Å². The maximum atomic E-state index is 11.1. The lowest BCUT2D eigenvalue weighted by Crippen LogP contribution is -2.11. The predicted molar refractivity (Wildman–Crippen MR) is 83.5 cm³/mol. The van der Waals surface area contributed by atoms with Crippen molar-refractivity contribution in [1.82, 2.24) is 0 Å². The zero-order valence-corrected chi connectivity index (χ0v) is 12.4. The Morgan fingerprint density at radius 2 is 1.87 bits per heavy atom. The highest BCUT2D eigenvalue weighted by Gasteiger charge is 2.16. The fraction of sp³-hybridized carbons (Fsp3) is 0.133. The molecule has 0 amide bonds. The predicted octanol–water partition coefficient (Wildman–Crippen LogP) is 1.83. The van der Waals surface area contributed by atoms with Crippen LogP contribution in [0.3, 0.4) is 0 Å². The zero-order chi connectivity index (χ0) is 17.6. The number of nitro groups is 1. The van der Waals surface area contributed by atoms with Gasteiger partial charge in [0.25, 0.3) is 5.69 Å². The largest absolute Gasteiger partial charge is 0.396 e. The van der Waals surface area contributed by atoms with Gasteiger partial charge in [-0.25, -0.2) is 0 Å². The summed E-state index contributed by atoms with van der Waals surface area (Å²) in [6, 6.07) is 9.37. The van der Waals surface area contributed by atoms with Crippen LogP contribution in [0, 0.1) is 44.1 Å². The molecular formula is C15H12N6O2. The first-order chi connectivity index (χ1) is 10.8. The Morgan fingerprint density at radius 3 is 2.30 bits per heavy atom. The molecule has 1 aromatic carbocycles. The molecule has 0 aliphatic heterocycles. The summed E-state index contributed by atoms with van der Waals surface area (Å²) >= 11 is 0. The maximum absolute atomic E-state index is 11.1. The minimum atomic E-state index is -0.534. The van der Waals surface area contributed by atoms with Gasteiger partial charge >= 0.3 is 0 Å². The Morgan fingerprint density at radius 1 is 1.26 bits per heavy atom. The number of anilines is 1. The summed E-state index contributed by atoms with van der Waals surface area (Å²) in [6.07, 6.45) is 1.29. The van der Waals surface area contributed by atoms with Gasteiger partial charge in [-0.15, -0.1) is 0 Å². The summed E-state index contributed by atoms with van der Waals surface area (Å²) in [4.78, 5) is 12.2. The summed E-state index contributed by atoms with van der Waals surface area (Å²) in [5.74, 6) is 0. The van der Waals surface area contributed by atoms with E-state index in [0.717, 1.165) is 0 Å². The average molecular weight is 308 g/mol. The van der Waals surface area contributed by atoms with Gasteiger partial charge in [0.2, 0.25) is 0 Å². The van der Waals surface area contributed by atoms with Crippen LogP contribution in [-0.4, -0.2) is 19.0 Å². The fourth-order valence-corrected chi connectivity index (χ4v) is 1.77. The van der Waals surface area contributed by atoms with Crippen LogP contribution in [0.15, 0.2) is 35.0 Å².